The Morgan fingerprint density at radius 3 is 2.35 bits per heavy atom. The fraction of sp³-hybridized carbons (Fsp3) is 0.0714. The molecule has 2 rings (SSSR count). The zero-order valence-electron chi connectivity index (χ0n) is 11.1. The van der Waals surface area contributed by atoms with Crippen LogP contribution in [0.15, 0.2) is 30.5 Å². The molecule has 0 unspecified atom stereocenters. The van der Waals surface area contributed by atoms with Gasteiger partial charge in [-0.05, 0) is 35.9 Å². The average molecular weight is 347 g/mol. The highest BCUT2D eigenvalue weighted by Gasteiger charge is 2.32. The van der Waals surface area contributed by atoms with Gasteiger partial charge in [-0.25, -0.2) is 9.37 Å². The second-order valence-corrected chi connectivity index (χ2v) is 4.76. The van der Waals surface area contributed by atoms with Gasteiger partial charge in [0.05, 0.1) is 16.7 Å². The standard InChI is InChI=1S/C14H7ClF4N2O2/c15-12(23)10-7(3-4-21-13(10)20)11(22)8-5-6(14(17,18)19)1-2-9(8)16/h1-5H,(H2,20,21). The number of nitrogens with two attached hydrogens (primary N) is 1. The molecule has 0 saturated heterocycles. The van der Waals surface area contributed by atoms with E-state index >= 15 is 0 Å². The number of nitrogen functional groups attached to an aromatic ring is 1. The first-order chi connectivity index (χ1) is 10.6. The van der Waals surface area contributed by atoms with Gasteiger partial charge < -0.3 is 5.73 Å². The van der Waals surface area contributed by atoms with Gasteiger partial charge in [0.1, 0.15) is 11.6 Å². The van der Waals surface area contributed by atoms with E-state index in [9.17, 15) is 27.2 Å². The number of hydrogen-bond acceptors (Lipinski definition) is 4. The summed E-state index contributed by atoms with van der Waals surface area (Å²) in [5.74, 6) is -2.72. The van der Waals surface area contributed by atoms with Crippen LogP contribution in [-0.4, -0.2) is 16.0 Å². The fourth-order valence-corrected chi connectivity index (χ4v) is 2.09. The van der Waals surface area contributed by atoms with E-state index < -0.39 is 45.3 Å². The maximum atomic E-state index is 13.8. The van der Waals surface area contributed by atoms with Gasteiger partial charge in [0.2, 0.25) is 0 Å². The lowest BCUT2D eigenvalue weighted by Crippen LogP contribution is -2.14. The second-order valence-electron chi connectivity index (χ2n) is 4.41. The molecule has 4 nitrogen and oxygen atoms in total. The van der Waals surface area contributed by atoms with Crippen LogP contribution >= 0.6 is 11.6 Å². The summed E-state index contributed by atoms with van der Waals surface area (Å²) in [7, 11) is 0. The summed E-state index contributed by atoms with van der Waals surface area (Å²) in [5.41, 5.74) is 2.45. The first-order valence-electron chi connectivity index (χ1n) is 5.98. The van der Waals surface area contributed by atoms with Crippen molar-refractivity contribution in [2.24, 2.45) is 0 Å². The number of rotatable bonds is 3. The molecule has 0 aliphatic carbocycles. The zero-order valence-corrected chi connectivity index (χ0v) is 11.9. The molecule has 0 spiro atoms. The molecule has 1 aromatic carbocycles. The molecule has 0 amide bonds. The minimum Gasteiger partial charge on any atom is -0.383 e. The SMILES string of the molecule is Nc1nccc(C(=O)c2cc(C(F)(F)F)ccc2F)c1C(=O)Cl. The van der Waals surface area contributed by atoms with Gasteiger partial charge in [-0.3, -0.25) is 9.59 Å². The van der Waals surface area contributed by atoms with Crippen LogP contribution in [0, 0.1) is 5.82 Å². The summed E-state index contributed by atoms with van der Waals surface area (Å²) >= 11 is 5.30. The maximum absolute atomic E-state index is 13.8. The molecule has 23 heavy (non-hydrogen) atoms. The number of carbonyl (C=O) groups is 2. The topological polar surface area (TPSA) is 73.0 Å². The van der Waals surface area contributed by atoms with Gasteiger partial charge in [-0.2, -0.15) is 13.2 Å². The molecule has 0 fully saturated rings. The van der Waals surface area contributed by atoms with Crippen molar-refractivity contribution in [3.05, 3.63) is 58.5 Å². The van der Waals surface area contributed by atoms with Crippen molar-refractivity contribution in [3.8, 4) is 0 Å². The first-order valence-corrected chi connectivity index (χ1v) is 6.36. The van der Waals surface area contributed by atoms with E-state index in [1.54, 1.807) is 0 Å². The van der Waals surface area contributed by atoms with E-state index in [1.807, 2.05) is 0 Å². The van der Waals surface area contributed by atoms with E-state index in [-0.39, 0.29) is 5.82 Å². The van der Waals surface area contributed by atoms with E-state index in [1.165, 1.54) is 0 Å². The highest BCUT2D eigenvalue weighted by atomic mass is 35.5. The molecule has 0 bridgehead atoms. The molecule has 0 atom stereocenters. The van der Waals surface area contributed by atoms with Crippen molar-refractivity contribution in [2.45, 2.75) is 6.18 Å². The first kappa shape index (κ1) is 16.9. The molecule has 0 radical (unpaired) electrons. The molecule has 2 aromatic rings. The Morgan fingerprint density at radius 2 is 1.78 bits per heavy atom. The monoisotopic (exact) mass is 346 g/mol. The number of benzene rings is 1. The number of halogens is 5. The Labute approximate surface area is 131 Å². The lowest BCUT2D eigenvalue weighted by molar-refractivity contribution is -0.137. The van der Waals surface area contributed by atoms with Gasteiger partial charge in [-0.1, -0.05) is 0 Å². The number of nitrogens with zero attached hydrogens (tertiary/aromatic N) is 1. The predicted molar refractivity (Wildman–Crippen MR) is 73.7 cm³/mol. The molecule has 0 aliphatic rings. The summed E-state index contributed by atoms with van der Waals surface area (Å²) in [6.45, 7) is 0. The fourth-order valence-electron chi connectivity index (χ4n) is 1.89. The van der Waals surface area contributed by atoms with Gasteiger partial charge in [0, 0.05) is 11.8 Å². The minimum absolute atomic E-state index is 0.358. The molecule has 2 N–H and O–H groups in total. The molecule has 120 valence electrons. The Bertz CT molecular complexity index is 806. The van der Waals surface area contributed by atoms with E-state index in [2.05, 4.69) is 4.98 Å². The van der Waals surface area contributed by atoms with Gasteiger partial charge in [-0.15, -0.1) is 0 Å². The van der Waals surface area contributed by atoms with Crippen molar-refractivity contribution >= 4 is 28.4 Å². The third kappa shape index (κ3) is 3.31. The van der Waals surface area contributed by atoms with Crippen LogP contribution in [0.4, 0.5) is 23.4 Å². The highest BCUT2D eigenvalue weighted by Crippen LogP contribution is 2.31. The average Bonchev–Trinajstić information content (AvgIpc) is 2.45. The van der Waals surface area contributed by atoms with Gasteiger partial charge in [0.25, 0.3) is 5.24 Å². The summed E-state index contributed by atoms with van der Waals surface area (Å²) in [6.07, 6.45) is -3.71. The summed E-state index contributed by atoms with van der Waals surface area (Å²) in [4.78, 5) is 27.2. The van der Waals surface area contributed by atoms with Crippen LogP contribution in [0.2, 0.25) is 0 Å². The molecule has 9 heteroatoms. The highest BCUT2D eigenvalue weighted by molar-refractivity contribution is 6.68. The Morgan fingerprint density at radius 1 is 1.13 bits per heavy atom. The van der Waals surface area contributed by atoms with Gasteiger partial charge in [0.15, 0.2) is 5.78 Å². The molecule has 1 aromatic heterocycles. The van der Waals surface area contributed by atoms with Crippen molar-refractivity contribution < 1.29 is 27.2 Å². The Kier molecular flexibility index (Phi) is 4.37. The third-order valence-corrected chi connectivity index (χ3v) is 3.15. The number of anilines is 1. The summed E-state index contributed by atoms with van der Waals surface area (Å²) in [5, 5.41) is -1.13. The summed E-state index contributed by atoms with van der Waals surface area (Å²) in [6, 6.07) is 2.40. The van der Waals surface area contributed by atoms with Crippen LogP contribution in [0.25, 0.3) is 0 Å². The molecule has 0 saturated carbocycles. The Balaban J connectivity index is 2.63. The van der Waals surface area contributed by atoms with Crippen LogP contribution in [0.1, 0.15) is 31.8 Å². The molecule has 0 aliphatic heterocycles. The van der Waals surface area contributed by atoms with Crippen LogP contribution in [0.3, 0.4) is 0 Å². The number of pyridine rings is 1. The second kappa shape index (κ2) is 5.96. The minimum atomic E-state index is -4.76. The van der Waals surface area contributed by atoms with Crippen LogP contribution < -0.4 is 5.73 Å². The van der Waals surface area contributed by atoms with Crippen molar-refractivity contribution in [2.75, 3.05) is 5.73 Å². The number of aromatic nitrogens is 1. The zero-order chi connectivity index (χ0) is 17.4. The number of alkyl halides is 3. The lowest BCUT2D eigenvalue weighted by atomic mass is 9.98. The number of ketones is 1. The van der Waals surface area contributed by atoms with E-state index in [0.29, 0.717) is 18.2 Å². The van der Waals surface area contributed by atoms with Crippen LogP contribution in [0.5, 0.6) is 0 Å². The van der Waals surface area contributed by atoms with E-state index in [4.69, 9.17) is 17.3 Å². The largest absolute Gasteiger partial charge is 0.416 e. The predicted octanol–water partition coefficient (Wildman–Crippen LogP) is 3.43. The van der Waals surface area contributed by atoms with Crippen molar-refractivity contribution in [3.63, 3.8) is 0 Å². The van der Waals surface area contributed by atoms with Crippen LogP contribution in [-0.2, 0) is 6.18 Å². The van der Waals surface area contributed by atoms with Crippen molar-refractivity contribution in [1.82, 2.24) is 4.98 Å². The smallest absolute Gasteiger partial charge is 0.383 e. The van der Waals surface area contributed by atoms with Crippen molar-refractivity contribution in [1.29, 1.82) is 0 Å². The number of carbonyl (C=O) groups excluding carboxylic acids is 2. The molecule has 1 heterocycles. The maximum Gasteiger partial charge on any atom is 0.416 e. The lowest BCUT2D eigenvalue weighted by Gasteiger charge is -2.11. The third-order valence-electron chi connectivity index (χ3n) is 2.96. The normalized spacial score (nSPS) is 11.3. The molecular weight excluding hydrogens is 340 g/mol. The van der Waals surface area contributed by atoms with Gasteiger partial charge >= 0.3 is 6.18 Å². The summed E-state index contributed by atoms with van der Waals surface area (Å²) < 4.78 is 51.9. The van der Waals surface area contributed by atoms with E-state index in [0.717, 1.165) is 12.3 Å². The Hall–Kier alpha value is -2.48. The molecular formula is C14H7ClF4N2O2. The number of hydrogen-bond donors (Lipinski definition) is 1. The quantitative estimate of drug-likeness (QED) is 0.525.